The van der Waals surface area contributed by atoms with Crippen LogP contribution in [0.4, 0.5) is 13.2 Å². The van der Waals surface area contributed by atoms with Gasteiger partial charge in [0, 0.05) is 23.7 Å². The second-order valence-corrected chi connectivity index (χ2v) is 9.63. The molecule has 1 saturated carbocycles. The minimum Gasteiger partial charge on any atom is -0.481 e. The maximum atomic E-state index is 13.2. The molecule has 0 unspecified atom stereocenters. The SMILES string of the molecule is CC1(CC(=O)O)CC(C)(NC(=O)c2cccc3ccn(Cc4ccc(C(F)(F)F)cc4)c23)C1. The van der Waals surface area contributed by atoms with Gasteiger partial charge in [-0.25, -0.2) is 0 Å². The summed E-state index contributed by atoms with van der Waals surface area (Å²) in [5.74, 6) is -1.11. The molecule has 2 aromatic carbocycles. The van der Waals surface area contributed by atoms with Gasteiger partial charge in [0.05, 0.1) is 23.1 Å². The number of aromatic nitrogens is 1. The van der Waals surface area contributed by atoms with E-state index in [2.05, 4.69) is 5.32 Å². The number of nitrogens with zero attached hydrogens (tertiary/aromatic N) is 1. The number of carbonyl (C=O) groups excluding carboxylic acids is 1. The summed E-state index contributed by atoms with van der Waals surface area (Å²) in [6, 6.07) is 12.2. The van der Waals surface area contributed by atoms with Gasteiger partial charge in [-0.1, -0.05) is 31.2 Å². The molecule has 0 saturated heterocycles. The Bertz CT molecular complexity index is 1210. The lowest BCUT2D eigenvalue weighted by Gasteiger charge is -2.52. The number of amides is 1. The largest absolute Gasteiger partial charge is 0.481 e. The van der Waals surface area contributed by atoms with Crippen molar-refractivity contribution in [1.29, 1.82) is 0 Å². The van der Waals surface area contributed by atoms with Crippen LogP contribution in [0.2, 0.25) is 0 Å². The number of hydrogen-bond acceptors (Lipinski definition) is 2. The minimum absolute atomic E-state index is 0.0595. The molecule has 8 heteroatoms. The Morgan fingerprint density at radius 1 is 1.06 bits per heavy atom. The van der Waals surface area contributed by atoms with Gasteiger partial charge in [-0.15, -0.1) is 0 Å². The molecule has 0 aliphatic heterocycles. The van der Waals surface area contributed by atoms with Gasteiger partial charge in [0.1, 0.15) is 0 Å². The fraction of sp³-hybridized carbons (Fsp3) is 0.360. The summed E-state index contributed by atoms with van der Waals surface area (Å²) in [4.78, 5) is 24.3. The number of carboxylic acids is 1. The number of halogens is 3. The molecule has 1 heterocycles. The Morgan fingerprint density at radius 2 is 1.73 bits per heavy atom. The lowest BCUT2D eigenvalue weighted by molar-refractivity contribution is -0.142. The average Bonchev–Trinajstić information content (AvgIpc) is 3.08. The molecule has 33 heavy (non-hydrogen) atoms. The van der Waals surface area contributed by atoms with Crippen LogP contribution in [0.3, 0.4) is 0 Å². The first-order valence-corrected chi connectivity index (χ1v) is 10.7. The van der Waals surface area contributed by atoms with E-state index in [-0.39, 0.29) is 17.7 Å². The minimum atomic E-state index is -4.39. The van der Waals surface area contributed by atoms with Crippen LogP contribution >= 0.6 is 0 Å². The monoisotopic (exact) mass is 458 g/mol. The van der Waals surface area contributed by atoms with E-state index in [1.54, 1.807) is 12.1 Å². The summed E-state index contributed by atoms with van der Waals surface area (Å²) < 4.78 is 40.4. The Balaban J connectivity index is 1.55. The second-order valence-electron chi connectivity index (χ2n) is 9.63. The molecule has 5 nitrogen and oxygen atoms in total. The number of carboxylic acid groups (broad SMARTS) is 1. The summed E-state index contributed by atoms with van der Waals surface area (Å²) >= 11 is 0. The molecule has 0 bridgehead atoms. The summed E-state index contributed by atoms with van der Waals surface area (Å²) in [7, 11) is 0. The van der Waals surface area contributed by atoms with Crippen molar-refractivity contribution in [3.8, 4) is 0 Å². The molecule has 4 rings (SSSR count). The second kappa shape index (κ2) is 7.93. The Kier molecular flexibility index (Phi) is 5.50. The number of nitrogens with one attached hydrogen (secondary N) is 1. The number of rotatable bonds is 6. The number of benzene rings is 2. The first-order valence-electron chi connectivity index (χ1n) is 10.7. The van der Waals surface area contributed by atoms with E-state index in [1.165, 1.54) is 12.1 Å². The molecule has 0 radical (unpaired) electrons. The molecule has 0 spiro atoms. The van der Waals surface area contributed by atoms with Gasteiger partial charge in [-0.2, -0.15) is 13.2 Å². The summed E-state index contributed by atoms with van der Waals surface area (Å²) in [6.45, 7) is 4.14. The molecule has 1 aliphatic carbocycles. The highest BCUT2D eigenvalue weighted by molar-refractivity contribution is 6.06. The number of carbonyl (C=O) groups is 2. The zero-order chi connectivity index (χ0) is 24.0. The molecule has 1 aliphatic rings. The topological polar surface area (TPSA) is 71.3 Å². The van der Waals surface area contributed by atoms with Crippen molar-refractivity contribution in [2.75, 3.05) is 0 Å². The van der Waals surface area contributed by atoms with Crippen LogP contribution in [-0.2, 0) is 17.5 Å². The van der Waals surface area contributed by atoms with Gasteiger partial charge in [0.2, 0.25) is 0 Å². The molecule has 1 fully saturated rings. The van der Waals surface area contributed by atoms with Crippen molar-refractivity contribution in [3.05, 3.63) is 71.4 Å². The molecular formula is C25H25F3N2O3. The Labute approximate surface area is 189 Å². The van der Waals surface area contributed by atoms with E-state index in [4.69, 9.17) is 5.11 Å². The highest BCUT2D eigenvalue weighted by atomic mass is 19.4. The maximum absolute atomic E-state index is 13.2. The quantitative estimate of drug-likeness (QED) is 0.515. The van der Waals surface area contributed by atoms with Crippen LogP contribution in [0.25, 0.3) is 10.9 Å². The zero-order valence-electron chi connectivity index (χ0n) is 18.4. The zero-order valence-corrected chi connectivity index (χ0v) is 18.4. The first-order chi connectivity index (χ1) is 15.4. The normalized spacial score (nSPS) is 22.7. The number of fused-ring (bicyclic) bond motifs is 1. The van der Waals surface area contributed by atoms with Crippen LogP contribution in [0.1, 0.15) is 54.6 Å². The molecular weight excluding hydrogens is 433 g/mol. The summed E-state index contributed by atoms with van der Waals surface area (Å²) in [6.07, 6.45) is -1.37. The van der Waals surface area contributed by atoms with Crippen molar-refractivity contribution < 1.29 is 27.9 Å². The van der Waals surface area contributed by atoms with E-state index in [1.807, 2.05) is 36.7 Å². The number of hydrogen-bond donors (Lipinski definition) is 2. The fourth-order valence-electron chi connectivity index (χ4n) is 5.32. The number of para-hydroxylation sites is 1. The molecule has 3 aromatic rings. The highest BCUT2D eigenvalue weighted by Gasteiger charge is 2.50. The highest BCUT2D eigenvalue weighted by Crippen LogP contribution is 2.50. The van der Waals surface area contributed by atoms with Crippen LogP contribution in [0, 0.1) is 5.41 Å². The maximum Gasteiger partial charge on any atom is 0.416 e. The van der Waals surface area contributed by atoms with Gasteiger partial charge < -0.3 is 15.0 Å². The lowest BCUT2D eigenvalue weighted by atomic mass is 9.57. The van der Waals surface area contributed by atoms with E-state index in [0.29, 0.717) is 36.0 Å². The van der Waals surface area contributed by atoms with Crippen LogP contribution < -0.4 is 5.32 Å². The molecule has 174 valence electrons. The average molecular weight is 458 g/mol. The van der Waals surface area contributed by atoms with Gasteiger partial charge in [0.15, 0.2) is 0 Å². The third-order valence-corrected chi connectivity index (χ3v) is 6.29. The van der Waals surface area contributed by atoms with Gasteiger partial charge in [-0.3, -0.25) is 9.59 Å². The predicted octanol–water partition coefficient (Wildman–Crippen LogP) is 5.47. The fourth-order valence-corrected chi connectivity index (χ4v) is 5.32. The van der Waals surface area contributed by atoms with Crippen molar-refractivity contribution in [2.24, 2.45) is 5.41 Å². The summed E-state index contributed by atoms with van der Waals surface area (Å²) in [5, 5.41) is 13.0. The van der Waals surface area contributed by atoms with E-state index < -0.39 is 23.2 Å². The summed E-state index contributed by atoms with van der Waals surface area (Å²) in [5.41, 5.74) is 0.318. The van der Waals surface area contributed by atoms with Crippen molar-refractivity contribution in [3.63, 3.8) is 0 Å². The third kappa shape index (κ3) is 4.74. The van der Waals surface area contributed by atoms with E-state index in [0.717, 1.165) is 17.5 Å². The van der Waals surface area contributed by atoms with Gasteiger partial charge in [0.25, 0.3) is 5.91 Å². The Hall–Kier alpha value is -3.29. The van der Waals surface area contributed by atoms with Crippen LogP contribution in [0.15, 0.2) is 54.7 Å². The van der Waals surface area contributed by atoms with Crippen LogP contribution in [-0.4, -0.2) is 27.1 Å². The van der Waals surface area contributed by atoms with Crippen molar-refractivity contribution in [1.82, 2.24) is 9.88 Å². The van der Waals surface area contributed by atoms with E-state index >= 15 is 0 Å². The van der Waals surface area contributed by atoms with Crippen LogP contribution in [0.5, 0.6) is 0 Å². The van der Waals surface area contributed by atoms with Crippen molar-refractivity contribution in [2.45, 2.75) is 51.4 Å². The smallest absolute Gasteiger partial charge is 0.416 e. The molecule has 1 amide bonds. The van der Waals surface area contributed by atoms with Gasteiger partial charge in [-0.05, 0) is 55.0 Å². The lowest BCUT2D eigenvalue weighted by Crippen LogP contribution is -2.59. The number of alkyl halides is 3. The van der Waals surface area contributed by atoms with Crippen molar-refractivity contribution >= 4 is 22.8 Å². The molecule has 0 atom stereocenters. The first kappa shape index (κ1) is 22.9. The van der Waals surface area contributed by atoms with Gasteiger partial charge >= 0.3 is 12.1 Å². The van der Waals surface area contributed by atoms with E-state index in [9.17, 15) is 22.8 Å². The molecule has 1 aromatic heterocycles. The number of aliphatic carboxylic acids is 1. The standard InChI is InChI=1S/C25H25F3N2O3/c1-23(12-20(31)32)14-24(2,15-23)29-22(33)19-5-3-4-17-10-11-30(21(17)19)13-16-6-8-18(9-7-16)25(26,27)28/h3-11H,12-15H2,1-2H3,(H,29,33)(H,31,32). The molecule has 2 N–H and O–H groups in total. The third-order valence-electron chi connectivity index (χ3n) is 6.29. The Morgan fingerprint density at radius 3 is 2.33 bits per heavy atom. The predicted molar refractivity (Wildman–Crippen MR) is 118 cm³/mol.